The van der Waals surface area contributed by atoms with Crippen molar-refractivity contribution in [2.24, 2.45) is 0 Å². The average Bonchev–Trinajstić information content (AvgIpc) is 2.29. The number of aromatic nitrogens is 2. The van der Waals surface area contributed by atoms with Gasteiger partial charge in [-0.1, -0.05) is 28.1 Å². The van der Waals surface area contributed by atoms with E-state index in [1.54, 1.807) is 12.4 Å². The molecular weight excluding hydrogens is 280 g/mol. The molecule has 2 N–H and O–H groups in total. The van der Waals surface area contributed by atoms with E-state index in [1.165, 1.54) is 5.56 Å². The van der Waals surface area contributed by atoms with Crippen LogP contribution in [0.5, 0.6) is 0 Å². The standard InChI is InChI=1S/C12H13BrN4/c1-17(12-15-6-11(14)7-16-12)8-9-3-2-4-10(13)5-9/h2-7H,8,14H2,1H3. The monoisotopic (exact) mass is 292 g/mol. The van der Waals surface area contributed by atoms with Crippen molar-refractivity contribution < 1.29 is 0 Å². The number of nitrogens with zero attached hydrogens (tertiary/aromatic N) is 3. The molecule has 0 aliphatic carbocycles. The quantitative estimate of drug-likeness (QED) is 0.944. The Morgan fingerprint density at radius 2 is 2.00 bits per heavy atom. The third kappa shape index (κ3) is 3.17. The van der Waals surface area contributed by atoms with Gasteiger partial charge in [0.25, 0.3) is 0 Å². The zero-order valence-corrected chi connectivity index (χ0v) is 11.1. The van der Waals surface area contributed by atoms with E-state index < -0.39 is 0 Å². The molecule has 0 saturated carbocycles. The van der Waals surface area contributed by atoms with E-state index in [2.05, 4.69) is 38.0 Å². The van der Waals surface area contributed by atoms with Crippen LogP contribution in [0.3, 0.4) is 0 Å². The first-order valence-corrected chi connectivity index (χ1v) is 5.97. The Labute approximate surface area is 109 Å². The first-order chi connectivity index (χ1) is 8.15. The van der Waals surface area contributed by atoms with Crippen molar-refractivity contribution in [1.82, 2.24) is 9.97 Å². The zero-order valence-electron chi connectivity index (χ0n) is 9.47. The average molecular weight is 293 g/mol. The largest absolute Gasteiger partial charge is 0.396 e. The third-order valence-corrected chi connectivity index (χ3v) is 2.80. The lowest BCUT2D eigenvalue weighted by Crippen LogP contribution is -2.19. The number of nitrogens with two attached hydrogens (primary N) is 1. The molecule has 1 aromatic heterocycles. The van der Waals surface area contributed by atoms with Crippen LogP contribution in [0.15, 0.2) is 41.1 Å². The van der Waals surface area contributed by atoms with Crippen molar-refractivity contribution in [3.8, 4) is 0 Å². The predicted octanol–water partition coefficient (Wildman–Crippen LogP) is 2.46. The van der Waals surface area contributed by atoms with Gasteiger partial charge in [-0.05, 0) is 17.7 Å². The molecule has 0 aliphatic rings. The second kappa shape index (κ2) is 5.14. The minimum absolute atomic E-state index is 0.574. The molecule has 5 heteroatoms. The van der Waals surface area contributed by atoms with E-state index in [1.807, 2.05) is 24.1 Å². The Morgan fingerprint density at radius 3 is 2.65 bits per heavy atom. The molecule has 2 rings (SSSR count). The molecule has 88 valence electrons. The van der Waals surface area contributed by atoms with E-state index in [0.717, 1.165) is 11.0 Å². The van der Waals surface area contributed by atoms with Gasteiger partial charge in [-0.3, -0.25) is 0 Å². The van der Waals surface area contributed by atoms with Crippen LogP contribution in [0.4, 0.5) is 11.6 Å². The summed E-state index contributed by atoms with van der Waals surface area (Å²) in [6, 6.07) is 8.16. The predicted molar refractivity (Wildman–Crippen MR) is 72.7 cm³/mol. The number of halogens is 1. The summed E-state index contributed by atoms with van der Waals surface area (Å²) < 4.78 is 1.07. The molecule has 0 saturated heterocycles. The molecule has 1 heterocycles. The van der Waals surface area contributed by atoms with Crippen molar-refractivity contribution in [3.63, 3.8) is 0 Å². The highest BCUT2D eigenvalue weighted by atomic mass is 79.9. The van der Waals surface area contributed by atoms with Crippen molar-refractivity contribution in [2.75, 3.05) is 17.7 Å². The SMILES string of the molecule is CN(Cc1cccc(Br)c1)c1ncc(N)cn1. The summed E-state index contributed by atoms with van der Waals surface area (Å²) in [6.45, 7) is 0.753. The normalized spacial score (nSPS) is 10.2. The van der Waals surface area contributed by atoms with Gasteiger partial charge in [0.05, 0.1) is 18.1 Å². The van der Waals surface area contributed by atoms with Crippen LogP contribution in [0.2, 0.25) is 0 Å². The van der Waals surface area contributed by atoms with Gasteiger partial charge in [0.1, 0.15) is 0 Å². The Balaban J connectivity index is 2.11. The topological polar surface area (TPSA) is 55.0 Å². The second-order valence-corrected chi connectivity index (χ2v) is 4.72. The molecule has 0 amide bonds. The lowest BCUT2D eigenvalue weighted by atomic mass is 10.2. The Morgan fingerprint density at radius 1 is 1.29 bits per heavy atom. The fourth-order valence-electron chi connectivity index (χ4n) is 1.51. The Bertz CT molecular complexity index is 498. The number of rotatable bonds is 3. The molecule has 4 nitrogen and oxygen atoms in total. The fourth-order valence-corrected chi connectivity index (χ4v) is 1.95. The molecule has 2 aromatic rings. The summed E-state index contributed by atoms with van der Waals surface area (Å²) in [5, 5.41) is 0. The smallest absolute Gasteiger partial charge is 0.225 e. The Hall–Kier alpha value is -1.62. The molecule has 0 fully saturated rings. The van der Waals surface area contributed by atoms with E-state index in [9.17, 15) is 0 Å². The van der Waals surface area contributed by atoms with Crippen LogP contribution in [0.25, 0.3) is 0 Å². The van der Waals surface area contributed by atoms with Crippen LogP contribution in [-0.4, -0.2) is 17.0 Å². The van der Waals surface area contributed by atoms with E-state index in [0.29, 0.717) is 11.6 Å². The molecule has 0 atom stereocenters. The zero-order chi connectivity index (χ0) is 12.3. The highest BCUT2D eigenvalue weighted by Gasteiger charge is 2.04. The summed E-state index contributed by atoms with van der Waals surface area (Å²) in [5.74, 6) is 0.666. The van der Waals surface area contributed by atoms with Crippen LogP contribution in [-0.2, 0) is 6.54 Å². The molecule has 0 bridgehead atoms. The minimum atomic E-state index is 0.574. The third-order valence-electron chi connectivity index (χ3n) is 2.31. The maximum atomic E-state index is 5.55. The molecule has 0 aliphatic heterocycles. The van der Waals surface area contributed by atoms with Gasteiger partial charge in [-0.25, -0.2) is 9.97 Å². The highest BCUT2D eigenvalue weighted by Crippen LogP contribution is 2.15. The maximum Gasteiger partial charge on any atom is 0.225 e. The lowest BCUT2D eigenvalue weighted by Gasteiger charge is -2.16. The van der Waals surface area contributed by atoms with Gasteiger partial charge in [0.2, 0.25) is 5.95 Å². The van der Waals surface area contributed by atoms with Crippen molar-refractivity contribution in [3.05, 3.63) is 46.7 Å². The van der Waals surface area contributed by atoms with Gasteiger partial charge in [-0.2, -0.15) is 0 Å². The van der Waals surface area contributed by atoms with Crippen LogP contribution < -0.4 is 10.6 Å². The number of anilines is 2. The van der Waals surface area contributed by atoms with Crippen LogP contribution >= 0.6 is 15.9 Å². The highest BCUT2D eigenvalue weighted by molar-refractivity contribution is 9.10. The summed E-state index contributed by atoms with van der Waals surface area (Å²) in [4.78, 5) is 10.3. The van der Waals surface area contributed by atoms with Crippen LogP contribution in [0, 0.1) is 0 Å². The van der Waals surface area contributed by atoms with Crippen molar-refractivity contribution in [2.45, 2.75) is 6.54 Å². The van der Waals surface area contributed by atoms with Gasteiger partial charge < -0.3 is 10.6 Å². The van der Waals surface area contributed by atoms with Crippen LogP contribution in [0.1, 0.15) is 5.56 Å². The van der Waals surface area contributed by atoms with E-state index in [-0.39, 0.29) is 0 Å². The minimum Gasteiger partial charge on any atom is -0.396 e. The van der Waals surface area contributed by atoms with Gasteiger partial charge >= 0.3 is 0 Å². The first-order valence-electron chi connectivity index (χ1n) is 5.18. The first kappa shape index (κ1) is 11.9. The molecule has 0 spiro atoms. The van der Waals surface area contributed by atoms with Gasteiger partial charge in [0, 0.05) is 18.1 Å². The van der Waals surface area contributed by atoms with E-state index in [4.69, 9.17) is 5.73 Å². The Kier molecular flexibility index (Phi) is 3.58. The summed E-state index contributed by atoms with van der Waals surface area (Å²) >= 11 is 3.45. The maximum absolute atomic E-state index is 5.55. The summed E-state index contributed by atoms with van der Waals surface area (Å²) in [7, 11) is 1.95. The second-order valence-electron chi connectivity index (χ2n) is 3.80. The lowest BCUT2D eigenvalue weighted by molar-refractivity contribution is 0.867. The fraction of sp³-hybridized carbons (Fsp3) is 0.167. The van der Waals surface area contributed by atoms with Gasteiger partial charge in [-0.15, -0.1) is 0 Å². The molecule has 1 aromatic carbocycles. The number of nitrogen functional groups attached to an aromatic ring is 1. The van der Waals surface area contributed by atoms with E-state index >= 15 is 0 Å². The number of hydrogen-bond donors (Lipinski definition) is 1. The summed E-state index contributed by atoms with van der Waals surface area (Å²) in [6.07, 6.45) is 3.22. The molecular formula is C12H13BrN4. The molecule has 0 radical (unpaired) electrons. The van der Waals surface area contributed by atoms with Crippen molar-refractivity contribution in [1.29, 1.82) is 0 Å². The van der Waals surface area contributed by atoms with Gasteiger partial charge in [0.15, 0.2) is 0 Å². The molecule has 0 unspecified atom stereocenters. The number of hydrogen-bond acceptors (Lipinski definition) is 4. The number of benzene rings is 1. The van der Waals surface area contributed by atoms with Crippen molar-refractivity contribution >= 4 is 27.6 Å². The summed E-state index contributed by atoms with van der Waals surface area (Å²) in [5.41, 5.74) is 7.32. The molecule has 17 heavy (non-hydrogen) atoms.